The van der Waals surface area contributed by atoms with Crippen LogP contribution in [0.15, 0.2) is 0 Å². The molecule has 0 bridgehead atoms. The molecule has 1 saturated carbocycles. The summed E-state index contributed by atoms with van der Waals surface area (Å²) >= 11 is 0. The number of nitrogens with two attached hydrogens (primary N) is 2. The summed E-state index contributed by atoms with van der Waals surface area (Å²) in [6.07, 6.45) is 5.83. The highest BCUT2D eigenvalue weighted by molar-refractivity contribution is 5.78. The molecule has 0 radical (unpaired) electrons. The molecule has 0 aromatic heterocycles. The highest BCUT2D eigenvalue weighted by atomic mass is 16.2. The summed E-state index contributed by atoms with van der Waals surface area (Å²) in [5.41, 5.74) is 11.5. The minimum atomic E-state index is -0.196. The van der Waals surface area contributed by atoms with Crippen LogP contribution in [0.25, 0.3) is 0 Å². The molecule has 4 heteroatoms. The van der Waals surface area contributed by atoms with Gasteiger partial charge in [-0.05, 0) is 32.1 Å². The topological polar surface area (TPSA) is 72.3 Å². The first-order chi connectivity index (χ1) is 7.14. The zero-order valence-electron chi connectivity index (χ0n) is 9.24. The second-order valence-corrected chi connectivity index (χ2v) is 5.01. The highest BCUT2D eigenvalue weighted by Crippen LogP contribution is 2.33. The number of nitrogens with zero attached hydrogens (tertiary/aromatic N) is 1. The first-order valence-electron chi connectivity index (χ1n) is 5.93. The van der Waals surface area contributed by atoms with Gasteiger partial charge in [0.2, 0.25) is 5.91 Å². The van der Waals surface area contributed by atoms with Gasteiger partial charge in [0.1, 0.15) is 0 Å². The van der Waals surface area contributed by atoms with E-state index in [2.05, 4.69) is 0 Å². The minimum Gasteiger partial charge on any atom is -0.338 e. The lowest BCUT2D eigenvalue weighted by Gasteiger charge is -2.39. The highest BCUT2D eigenvalue weighted by Gasteiger charge is 2.38. The van der Waals surface area contributed by atoms with Crippen LogP contribution in [0.1, 0.15) is 38.5 Å². The fourth-order valence-corrected chi connectivity index (χ4v) is 2.62. The van der Waals surface area contributed by atoms with Gasteiger partial charge in [-0.1, -0.05) is 0 Å². The standard InChI is InChI=1S/C11H21N3O/c12-8-9-3-1-6-14(9)10(15)7-11(13)4-2-5-11/h9H,1-8,12-13H2/t9-/m1/s1. The van der Waals surface area contributed by atoms with Crippen molar-refractivity contribution < 1.29 is 4.79 Å². The van der Waals surface area contributed by atoms with Gasteiger partial charge < -0.3 is 16.4 Å². The predicted molar refractivity (Wildman–Crippen MR) is 59.2 cm³/mol. The van der Waals surface area contributed by atoms with Crippen molar-refractivity contribution in [1.29, 1.82) is 0 Å². The molecular weight excluding hydrogens is 190 g/mol. The van der Waals surface area contributed by atoms with E-state index >= 15 is 0 Å². The normalized spacial score (nSPS) is 28.9. The molecular formula is C11H21N3O. The molecule has 1 saturated heterocycles. The maximum absolute atomic E-state index is 12.0. The second kappa shape index (κ2) is 4.10. The molecule has 1 aliphatic heterocycles. The Morgan fingerprint density at radius 2 is 2.13 bits per heavy atom. The lowest BCUT2D eigenvalue weighted by molar-refractivity contribution is -0.133. The van der Waals surface area contributed by atoms with Crippen LogP contribution < -0.4 is 11.5 Å². The van der Waals surface area contributed by atoms with E-state index in [1.165, 1.54) is 6.42 Å². The Bertz CT molecular complexity index is 250. The van der Waals surface area contributed by atoms with Crippen molar-refractivity contribution in [3.63, 3.8) is 0 Å². The number of carbonyl (C=O) groups excluding carboxylic acids is 1. The molecule has 1 atom stereocenters. The molecule has 2 fully saturated rings. The summed E-state index contributed by atoms with van der Waals surface area (Å²) in [5.74, 6) is 0.213. The molecule has 4 N–H and O–H groups in total. The maximum Gasteiger partial charge on any atom is 0.224 e. The number of likely N-dealkylation sites (tertiary alicyclic amines) is 1. The molecule has 15 heavy (non-hydrogen) atoms. The van der Waals surface area contributed by atoms with Gasteiger partial charge in [-0.3, -0.25) is 4.79 Å². The molecule has 1 heterocycles. The number of rotatable bonds is 3. The minimum absolute atomic E-state index is 0.196. The number of hydrogen-bond donors (Lipinski definition) is 2. The summed E-state index contributed by atoms with van der Waals surface area (Å²) in [6, 6.07) is 0.265. The number of hydrogen-bond acceptors (Lipinski definition) is 3. The lowest BCUT2D eigenvalue weighted by Crippen LogP contribution is -2.51. The van der Waals surface area contributed by atoms with Gasteiger partial charge in [0, 0.05) is 31.1 Å². The molecule has 2 aliphatic rings. The van der Waals surface area contributed by atoms with Gasteiger partial charge in [0.15, 0.2) is 0 Å². The van der Waals surface area contributed by atoms with E-state index in [0.29, 0.717) is 13.0 Å². The third-order valence-electron chi connectivity index (χ3n) is 3.82. The largest absolute Gasteiger partial charge is 0.338 e. The van der Waals surface area contributed by atoms with Crippen LogP contribution in [0.3, 0.4) is 0 Å². The fraction of sp³-hybridized carbons (Fsp3) is 0.909. The zero-order chi connectivity index (χ0) is 10.9. The Kier molecular flexibility index (Phi) is 2.98. The Hall–Kier alpha value is -0.610. The summed E-state index contributed by atoms with van der Waals surface area (Å²) in [5, 5.41) is 0. The molecule has 0 aromatic rings. The Labute approximate surface area is 91.0 Å². The number of amides is 1. The van der Waals surface area contributed by atoms with Crippen molar-refractivity contribution in [2.24, 2.45) is 11.5 Å². The molecule has 0 aromatic carbocycles. The van der Waals surface area contributed by atoms with E-state index in [1.54, 1.807) is 0 Å². The predicted octanol–water partition coefficient (Wildman–Crippen LogP) is 0.208. The Morgan fingerprint density at radius 3 is 2.67 bits per heavy atom. The first kappa shape index (κ1) is 10.9. The lowest BCUT2D eigenvalue weighted by atomic mass is 9.75. The first-order valence-corrected chi connectivity index (χ1v) is 5.93. The molecule has 2 rings (SSSR count). The van der Waals surface area contributed by atoms with Gasteiger partial charge in [0.25, 0.3) is 0 Å². The molecule has 86 valence electrons. The van der Waals surface area contributed by atoms with Crippen molar-refractivity contribution in [2.45, 2.75) is 50.1 Å². The van der Waals surface area contributed by atoms with Gasteiger partial charge >= 0.3 is 0 Å². The molecule has 1 aliphatic carbocycles. The monoisotopic (exact) mass is 211 g/mol. The van der Waals surface area contributed by atoms with E-state index in [1.807, 2.05) is 4.90 Å². The van der Waals surface area contributed by atoms with E-state index in [0.717, 1.165) is 32.2 Å². The van der Waals surface area contributed by atoms with Crippen LogP contribution >= 0.6 is 0 Å². The van der Waals surface area contributed by atoms with Crippen LogP contribution in [0.5, 0.6) is 0 Å². The van der Waals surface area contributed by atoms with Crippen molar-refractivity contribution in [2.75, 3.05) is 13.1 Å². The summed E-state index contributed by atoms with van der Waals surface area (Å²) in [7, 11) is 0. The van der Waals surface area contributed by atoms with E-state index < -0.39 is 0 Å². The van der Waals surface area contributed by atoms with E-state index in [9.17, 15) is 4.79 Å². The second-order valence-electron chi connectivity index (χ2n) is 5.01. The van der Waals surface area contributed by atoms with Crippen molar-refractivity contribution >= 4 is 5.91 Å². The maximum atomic E-state index is 12.0. The van der Waals surface area contributed by atoms with Crippen LogP contribution in [0, 0.1) is 0 Å². The van der Waals surface area contributed by atoms with E-state index in [4.69, 9.17) is 11.5 Å². The van der Waals surface area contributed by atoms with Crippen molar-refractivity contribution in [3.8, 4) is 0 Å². The third kappa shape index (κ3) is 2.16. The summed E-state index contributed by atoms with van der Waals surface area (Å²) in [6.45, 7) is 1.46. The van der Waals surface area contributed by atoms with Crippen molar-refractivity contribution in [1.82, 2.24) is 4.90 Å². The SMILES string of the molecule is NC[C@H]1CCCN1C(=O)CC1(N)CCC1. The Balaban J connectivity index is 1.89. The Morgan fingerprint density at radius 1 is 1.40 bits per heavy atom. The van der Waals surface area contributed by atoms with E-state index in [-0.39, 0.29) is 17.5 Å². The molecule has 0 unspecified atom stereocenters. The van der Waals surface area contributed by atoms with Gasteiger partial charge in [-0.2, -0.15) is 0 Å². The summed E-state index contributed by atoms with van der Waals surface area (Å²) in [4.78, 5) is 14.0. The summed E-state index contributed by atoms with van der Waals surface area (Å²) < 4.78 is 0. The third-order valence-corrected chi connectivity index (χ3v) is 3.82. The van der Waals surface area contributed by atoms with Crippen molar-refractivity contribution in [3.05, 3.63) is 0 Å². The van der Waals surface area contributed by atoms with Crippen LogP contribution in [0.4, 0.5) is 0 Å². The molecule has 1 amide bonds. The average Bonchev–Trinajstić information content (AvgIpc) is 2.62. The average molecular weight is 211 g/mol. The van der Waals surface area contributed by atoms with Gasteiger partial charge in [-0.15, -0.1) is 0 Å². The van der Waals surface area contributed by atoms with Gasteiger partial charge in [0.05, 0.1) is 0 Å². The smallest absolute Gasteiger partial charge is 0.224 e. The van der Waals surface area contributed by atoms with Gasteiger partial charge in [-0.25, -0.2) is 0 Å². The molecule has 4 nitrogen and oxygen atoms in total. The number of carbonyl (C=O) groups is 1. The van der Waals surface area contributed by atoms with Crippen LogP contribution in [-0.2, 0) is 4.79 Å². The van der Waals surface area contributed by atoms with Crippen LogP contribution in [-0.4, -0.2) is 35.5 Å². The quantitative estimate of drug-likeness (QED) is 0.701. The fourth-order valence-electron chi connectivity index (χ4n) is 2.62. The zero-order valence-corrected chi connectivity index (χ0v) is 9.24. The molecule has 0 spiro atoms. The van der Waals surface area contributed by atoms with Crippen LogP contribution in [0.2, 0.25) is 0 Å².